The zero-order valence-corrected chi connectivity index (χ0v) is 10.4. The van der Waals surface area contributed by atoms with Gasteiger partial charge in [-0.2, -0.15) is 0 Å². The molecule has 1 aliphatic heterocycles. The Balaban J connectivity index is 2.48. The summed E-state index contributed by atoms with van der Waals surface area (Å²) in [6, 6.07) is 2.69. The van der Waals surface area contributed by atoms with Crippen LogP contribution in [0.1, 0.15) is 13.3 Å². The maximum Gasteiger partial charge on any atom is 0.237 e. The van der Waals surface area contributed by atoms with Crippen molar-refractivity contribution >= 4 is 40.7 Å². The number of imide groups is 1. The average Bonchev–Trinajstić information content (AvgIpc) is 2.49. The van der Waals surface area contributed by atoms with Gasteiger partial charge in [0, 0.05) is 12.3 Å². The van der Waals surface area contributed by atoms with Gasteiger partial charge in [0.15, 0.2) is 5.75 Å². The van der Waals surface area contributed by atoms with E-state index in [2.05, 4.69) is 0 Å². The van der Waals surface area contributed by atoms with Crippen molar-refractivity contribution in [2.45, 2.75) is 13.3 Å². The van der Waals surface area contributed by atoms with E-state index in [-0.39, 0.29) is 45.6 Å². The summed E-state index contributed by atoms with van der Waals surface area (Å²) in [5.74, 6) is -1.17. The summed E-state index contributed by atoms with van der Waals surface area (Å²) < 4.78 is 0. The number of aromatic hydroxyl groups is 1. The molecule has 1 aliphatic rings. The first-order valence-corrected chi connectivity index (χ1v) is 5.72. The minimum atomic E-state index is -0.339. The van der Waals surface area contributed by atoms with Crippen LogP contribution < -0.4 is 4.90 Å². The maximum atomic E-state index is 11.8. The number of hydrogen-bond acceptors (Lipinski definition) is 3. The Labute approximate surface area is 108 Å². The summed E-state index contributed by atoms with van der Waals surface area (Å²) >= 11 is 11.5. The Morgan fingerprint density at radius 2 is 1.82 bits per heavy atom. The second-order valence-corrected chi connectivity index (χ2v) is 4.74. The van der Waals surface area contributed by atoms with Gasteiger partial charge in [-0.05, 0) is 12.1 Å². The molecule has 0 aliphatic carbocycles. The fourth-order valence-electron chi connectivity index (χ4n) is 1.74. The fraction of sp³-hybridized carbons (Fsp3) is 0.273. The lowest BCUT2D eigenvalue weighted by Crippen LogP contribution is -2.29. The van der Waals surface area contributed by atoms with Gasteiger partial charge in [0.25, 0.3) is 0 Å². The number of phenolic OH excluding ortho intramolecular Hbond substituents is 1. The molecular weight excluding hydrogens is 265 g/mol. The topological polar surface area (TPSA) is 57.6 Å². The van der Waals surface area contributed by atoms with E-state index >= 15 is 0 Å². The Bertz CT molecular complexity index is 492. The van der Waals surface area contributed by atoms with Gasteiger partial charge in [-0.3, -0.25) is 14.5 Å². The molecule has 1 aromatic carbocycles. The largest absolute Gasteiger partial charge is 0.505 e. The fourth-order valence-corrected chi connectivity index (χ4v) is 2.21. The third-order valence-corrected chi connectivity index (χ3v) is 3.21. The summed E-state index contributed by atoms with van der Waals surface area (Å²) in [7, 11) is 0. The van der Waals surface area contributed by atoms with Crippen LogP contribution in [0.25, 0.3) is 0 Å². The maximum absolute atomic E-state index is 11.8. The Morgan fingerprint density at radius 1 is 1.29 bits per heavy atom. The molecule has 1 atom stereocenters. The predicted octanol–water partition coefficient (Wildman–Crippen LogP) is 2.60. The van der Waals surface area contributed by atoms with Gasteiger partial charge in [0.05, 0.1) is 15.7 Å². The summed E-state index contributed by atoms with van der Waals surface area (Å²) in [5, 5.41) is 9.42. The molecule has 1 fully saturated rings. The molecule has 0 radical (unpaired) electrons. The van der Waals surface area contributed by atoms with Gasteiger partial charge in [0.1, 0.15) is 0 Å². The monoisotopic (exact) mass is 273 g/mol. The van der Waals surface area contributed by atoms with E-state index in [0.717, 1.165) is 4.90 Å². The number of phenols is 1. The molecule has 1 heterocycles. The van der Waals surface area contributed by atoms with Crippen LogP contribution in [-0.4, -0.2) is 16.9 Å². The molecule has 2 amide bonds. The molecule has 0 bridgehead atoms. The number of nitrogens with zero attached hydrogens (tertiary/aromatic N) is 1. The average molecular weight is 274 g/mol. The van der Waals surface area contributed by atoms with Crippen LogP contribution in [0, 0.1) is 5.92 Å². The van der Waals surface area contributed by atoms with E-state index in [0.29, 0.717) is 0 Å². The third kappa shape index (κ3) is 1.98. The second-order valence-electron chi connectivity index (χ2n) is 3.93. The Hall–Kier alpha value is -1.26. The minimum Gasteiger partial charge on any atom is -0.505 e. The number of halogens is 2. The lowest BCUT2D eigenvalue weighted by molar-refractivity contribution is -0.122. The van der Waals surface area contributed by atoms with E-state index in [4.69, 9.17) is 23.2 Å². The van der Waals surface area contributed by atoms with Crippen molar-refractivity contribution in [3.63, 3.8) is 0 Å². The Kier molecular flexibility index (Phi) is 3.02. The summed E-state index contributed by atoms with van der Waals surface area (Å²) in [6.45, 7) is 1.68. The highest BCUT2D eigenvalue weighted by Crippen LogP contribution is 2.37. The number of benzene rings is 1. The van der Waals surface area contributed by atoms with Crippen molar-refractivity contribution in [1.29, 1.82) is 0 Å². The van der Waals surface area contributed by atoms with Crippen LogP contribution in [0.4, 0.5) is 5.69 Å². The van der Waals surface area contributed by atoms with Crippen LogP contribution in [0.2, 0.25) is 10.0 Å². The number of carbonyl (C=O) groups is 2. The molecule has 0 spiro atoms. The van der Waals surface area contributed by atoms with Crippen molar-refractivity contribution in [3.05, 3.63) is 22.2 Å². The summed E-state index contributed by atoms with van der Waals surface area (Å²) in [4.78, 5) is 24.5. The molecule has 6 heteroatoms. The third-order valence-electron chi connectivity index (χ3n) is 2.63. The number of carbonyl (C=O) groups excluding carboxylic acids is 2. The number of anilines is 1. The van der Waals surface area contributed by atoms with Crippen molar-refractivity contribution in [2.24, 2.45) is 5.92 Å². The number of hydrogen-bond donors (Lipinski definition) is 1. The van der Waals surface area contributed by atoms with E-state index in [1.165, 1.54) is 12.1 Å². The molecule has 2 rings (SSSR count). The predicted molar refractivity (Wildman–Crippen MR) is 64.4 cm³/mol. The molecule has 17 heavy (non-hydrogen) atoms. The van der Waals surface area contributed by atoms with Gasteiger partial charge in [0.2, 0.25) is 11.8 Å². The zero-order chi connectivity index (χ0) is 12.7. The first kappa shape index (κ1) is 12.2. The quantitative estimate of drug-likeness (QED) is 0.801. The highest BCUT2D eigenvalue weighted by Gasteiger charge is 2.37. The molecule has 0 saturated carbocycles. The minimum absolute atomic E-state index is 0.00709. The van der Waals surface area contributed by atoms with E-state index in [1.807, 2.05) is 0 Å². The number of rotatable bonds is 1. The van der Waals surface area contributed by atoms with Gasteiger partial charge in [-0.15, -0.1) is 0 Å². The second kappa shape index (κ2) is 4.20. The highest BCUT2D eigenvalue weighted by atomic mass is 35.5. The van der Waals surface area contributed by atoms with Crippen LogP contribution in [0.3, 0.4) is 0 Å². The smallest absolute Gasteiger partial charge is 0.237 e. The van der Waals surface area contributed by atoms with Crippen LogP contribution in [0.15, 0.2) is 12.1 Å². The molecule has 1 saturated heterocycles. The molecule has 90 valence electrons. The van der Waals surface area contributed by atoms with Gasteiger partial charge >= 0.3 is 0 Å². The van der Waals surface area contributed by atoms with Crippen LogP contribution in [-0.2, 0) is 9.59 Å². The lowest BCUT2D eigenvalue weighted by Gasteiger charge is -2.15. The molecule has 1 unspecified atom stereocenters. The van der Waals surface area contributed by atoms with Crippen LogP contribution in [0.5, 0.6) is 5.75 Å². The summed E-state index contributed by atoms with van der Waals surface area (Å²) in [6.07, 6.45) is 0.176. The molecular formula is C11H9Cl2NO3. The zero-order valence-electron chi connectivity index (χ0n) is 8.91. The first-order valence-electron chi connectivity index (χ1n) is 4.96. The van der Waals surface area contributed by atoms with Crippen molar-refractivity contribution < 1.29 is 14.7 Å². The van der Waals surface area contributed by atoms with Crippen molar-refractivity contribution in [1.82, 2.24) is 0 Å². The highest BCUT2D eigenvalue weighted by molar-refractivity contribution is 6.38. The molecule has 1 aromatic rings. The Morgan fingerprint density at radius 3 is 2.24 bits per heavy atom. The van der Waals surface area contributed by atoms with Crippen molar-refractivity contribution in [2.75, 3.05) is 4.90 Å². The van der Waals surface area contributed by atoms with Crippen LogP contribution >= 0.6 is 23.2 Å². The van der Waals surface area contributed by atoms with Gasteiger partial charge < -0.3 is 5.11 Å². The van der Waals surface area contributed by atoms with Gasteiger partial charge in [-0.1, -0.05) is 30.1 Å². The van der Waals surface area contributed by atoms with Crippen molar-refractivity contribution in [3.8, 4) is 5.75 Å². The first-order chi connectivity index (χ1) is 7.91. The van der Waals surface area contributed by atoms with E-state index in [1.54, 1.807) is 6.92 Å². The normalized spacial score (nSPS) is 20.2. The van der Waals surface area contributed by atoms with Gasteiger partial charge in [-0.25, -0.2) is 0 Å². The SMILES string of the molecule is CC1CC(=O)N(c2cc(Cl)c(O)c(Cl)c2)C1=O. The molecule has 0 aromatic heterocycles. The standard InChI is InChI=1S/C11H9Cl2NO3/c1-5-2-9(15)14(11(5)17)6-3-7(12)10(16)8(13)4-6/h3-5,16H,2H2,1H3. The molecule has 1 N–H and O–H groups in total. The number of amides is 2. The molecule has 4 nitrogen and oxygen atoms in total. The summed E-state index contributed by atoms with van der Waals surface area (Å²) in [5.41, 5.74) is 0.289. The lowest BCUT2D eigenvalue weighted by atomic mass is 10.1. The van der Waals surface area contributed by atoms with E-state index < -0.39 is 0 Å². The van der Waals surface area contributed by atoms with E-state index in [9.17, 15) is 14.7 Å².